The Morgan fingerprint density at radius 3 is 2.42 bits per heavy atom. The fourth-order valence-electron chi connectivity index (χ4n) is 1.59. The largest absolute Gasteiger partial charge is 0.325 e. The van der Waals surface area contributed by atoms with E-state index < -0.39 is 6.04 Å². The third kappa shape index (κ3) is 6.36. The molecule has 1 rings (SSSR count). The molecule has 1 aromatic carbocycles. The molecule has 1 aromatic rings. The molecule has 1 amide bonds. The number of hydrogen-bond donors (Lipinski definition) is 2. The zero-order chi connectivity index (χ0) is 14.1. The number of nitrogens with two attached hydrogens (primary N) is 1. The van der Waals surface area contributed by atoms with Crippen LogP contribution in [0.1, 0.15) is 12.0 Å². The molecule has 0 spiro atoms. The summed E-state index contributed by atoms with van der Waals surface area (Å²) < 4.78 is 0. The van der Waals surface area contributed by atoms with Gasteiger partial charge in [0.1, 0.15) is 0 Å². The van der Waals surface area contributed by atoms with Gasteiger partial charge in [0.05, 0.1) is 6.04 Å². The minimum absolute atomic E-state index is 0.106. The van der Waals surface area contributed by atoms with E-state index in [9.17, 15) is 4.79 Å². The summed E-state index contributed by atoms with van der Waals surface area (Å²) in [6, 6.07) is 7.56. The van der Waals surface area contributed by atoms with Crippen LogP contribution in [0.3, 0.4) is 0 Å². The minimum atomic E-state index is -0.427. The van der Waals surface area contributed by atoms with E-state index in [2.05, 4.69) is 23.7 Å². The third-order valence-electron chi connectivity index (χ3n) is 2.79. The molecule has 0 aliphatic carbocycles. The van der Waals surface area contributed by atoms with Crippen LogP contribution in [0.4, 0.5) is 5.69 Å². The molecule has 0 radical (unpaired) electrons. The molecule has 0 aromatic heterocycles. The molecule has 0 fully saturated rings. The summed E-state index contributed by atoms with van der Waals surface area (Å²) >= 11 is 3.54. The molecule has 0 aliphatic heterocycles. The van der Waals surface area contributed by atoms with E-state index in [1.165, 1.54) is 5.56 Å². The van der Waals surface area contributed by atoms with Crippen molar-refractivity contribution in [2.75, 3.05) is 29.3 Å². The van der Waals surface area contributed by atoms with Crippen LogP contribution in [0.25, 0.3) is 0 Å². The molecule has 3 N–H and O–H groups in total. The molecular weight excluding hydrogens is 276 g/mol. The number of amides is 1. The van der Waals surface area contributed by atoms with Crippen molar-refractivity contribution in [3.05, 3.63) is 29.8 Å². The highest BCUT2D eigenvalue weighted by molar-refractivity contribution is 7.98. The highest BCUT2D eigenvalue weighted by Crippen LogP contribution is 2.12. The number of anilines is 1. The second kappa shape index (κ2) is 9.28. The van der Waals surface area contributed by atoms with E-state index in [4.69, 9.17) is 5.73 Å². The van der Waals surface area contributed by atoms with E-state index in [-0.39, 0.29) is 5.91 Å². The average molecular weight is 298 g/mol. The molecule has 0 unspecified atom stereocenters. The summed E-state index contributed by atoms with van der Waals surface area (Å²) in [7, 11) is 0. The normalized spacial score (nSPS) is 12.2. The molecule has 106 valence electrons. The first-order chi connectivity index (χ1) is 9.17. The summed E-state index contributed by atoms with van der Waals surface area (Å²) in [6.45, 7) is 0. The first kappa shape index (κ1) is 16.4. The molecule has 5 heteroatoms. The lowest BCUT2D eigenvalue weighted by Gasteiger charge is -2.12. The van der Waals surface area contributed by atoms with Gasteiger partial charge >= 0.3 is 0 Å². The number of carbonyl (C=O) groups excluding carboxylic acids is 1. The zero-order valence-electron chi connectivity index (χ0n) is 11.5. The topological polar surface area (TPSA) is 55.1 Å². The Balaban J connectivity index is 2.45. The van der Waals surface area contributed by atoms with E-state index in [0.717, 1.165) is 23.6 Å². The van der Waals surface area contributed by atoms with Crippen molar-refractivity contribution in [3.63, 3.8) is 0 Å². The first-order valence-corrected chi connectivity index (χ1v) is 9.09. The van der Waals surface area contributed by atoms with Gasteiger partial charge in [0.25, 0.3) is 0 Å². The van der Waals surface area contributed by atoms with Crippen molar-refractivity contribution in [1.82, 2.24) is 0 Å². The summed E-state index contributed by atoms with van der Waals surface area (Å²) in [5, 5.41) is 2.86. The molecule has 0 saturated heterocycles. The van der Waals surface area contributed by atoms with Gasteiger partial charge in [-0.1, -0.05) is 12.1 Å². The van der Waals surface area contributed by atoms with Crippen LogP contribution in [-0.2, 0) is 11.2 Å². The maximum absolute atomic E-state index is 11.8. The molecule has 0 bridgehead atoms. The Kier molecular flexibility index (Phi) is 8.02. The SMILES string of the molecule is CSCCc1ccc(NC(=O)[C@@H](N)CCSC)cc1. The molecular formula is C14H22N2OS2. The number of nitrogens with one attached hydrogen (secondary N) is 1. The summed E-state index contributed by atoms with van der Waals surface area (Å²) in [5.74, 6) is 1.92. The Morgan fingerprint density at radius 1 is 1.21 bits per heavy atom. The summed E-state index contributed by atoms with van der Waals surface area (Å²) in [6.07, 6.45) is 5.88. The van der Waals surface area contributed by atoms with Crippen LogP contribution in [0.2, 0.25) is 0 Å². The maximum Gasteiger partial charge on any atom is 0.241 e. The molecule has 0 saturated carbocycles. The maximum atomic E-state index is 11.8. The van der Waals surface area contributed by atoms with Gasteiger partial charge in [-0.15, -0.1) is 0 Å². The number of thioether (sulfide) groups is 2. The van der Waals surface area contributed by atoms with E-state index in [1.54, 1.807) is 11.8 Å². The predicted octanol–water partition coefficient (Wildman–Crippen LogP) is 2.61. The van der Waals surface area contributed by atoms with Gasteiger partial charge in [-0.3, -0.25) is 4.79 Å². The number of rotatable bonds is 8. The third-order valence-corrected chi connectivity index (χ3v) is 4.04. The number of hydrogen-bond acceptors (Lipinski definition) is 4. The van der Waals surface area contributed by atoms with Crippen LogP contribution >= 0.6 is 23.5 Å². The lowest BCUT2D eigenvalue weighted by molar-refractivity contribution is -0.117. The van der Waals surface area contributed by atoms with Crippen LogP contribution in [-0.4, -0.2) is 36.0 Å². The molecule has 19 heavy (non-hydrogen) atoms. The highest BCUT2D eigenvalue weighted by atomic mass is 32.2. The molecule has 0 heterocycles. The Morgan fingerprint density at radius 2 is 1.84 bits per heavy atom. The summed E-state index contributed by atoms with van der Waals surface area (Å²) in [5.41, 5.74) is 7.93. The van der Waals surface area contributed by atoms with Gasteiger partial charge in [0.2, 0.25) is 5.91 Å². The van der Waals surface area contributed by atoms with Crippen LogP contribution in [0, 0.1) is 0 Å². The van der Waals surface area contributed by atoms with E-state index in [0.29, 0.717) is 6.42 Å². The van der Waals surface area contributed by atoms with E-state index >= 15 is 0 Å². The fraction of sp³-hybridized carbons (Fsp3) is 0.500. The average Bonchev–Trinajstić information content (AvgIpc) is 2.43. The van der Waals surface area contributed by atoms with Gasteiger partial charge in [-0.2, -0.15) is 23.5 Å². The number of benzene rings is 1. The van der Waals surface area contributed by atoms with Gasteiger partial charge in [0, 0.05) is 5.69 Å². The molecule has 0 aliphatic rings. The van der Waals surface area contributed by atoms with Crippen molar-refractivity contribution in [2.45, 2.75) is 18.9 Å². The number of carbonyl (C=O) groups is 1. The van der Waals surface area contributed by atoms with Gasteiger partial charge < -0.3 is 11.1 Å². The van der Waals surface area contributed by atoms with E-state index in [1.807, 2.05) is 30.2 Å². The quantitative estimate of drug-likeness (QED) is 0.774. The monoisotopic (exact) mass is 298 g/mol. The minimum Gasteiger partial charge on any atom is -0.325 e. The standard InChI is InChI=1S/C14H22N2OS2/c1-18-9-7-11-3-5-12(6-4-11)16-14(17)13(15)8-10-19-2/h3-6,13H,7-10,15H2,1-2H3,(H,16,17)/t13-/m0/s1. The van der Waals surface area contributed by atoms with Gasteiger partial charge in [-0.05, 0) is 54.6 Å². The van der Waals surface area contributed by atoms with Crippen molar-refractivity contribution >= 4 is 35.1 Å². The Labute approximate surface area is 124 Å². The second-order valence-electron chi connectivity index (χ2n) is 4.32. The Hall–Kier alpha value is -0.650. The highest BCUT2D eigenvalue weighted by Gasteiger charge is 2.12. The van der Waals surface area contributed by atoms with Crippen molar-refractivity contribution in [3.8, 4) is 0 Å². The van der Waals surface area contributed by atoms with Gasteiger partial charge in [-0.25, -0.2) is 0 Å². The Bertz CT molecular complexity index is 382. The second-order valence-corrected chi connectivity index (χ2v) is 6.29. The molecule has 1 atom stereocenters. The predicted molar refractivity (Wildman–Crippen MR) is 88.1 cm³/mol. The molecule has 3 nitrogen and oxygen atoms in total. The smallest absolute Gasteiger partial charge is 0.241 e. The summed E-state index contributed by atoms with van der Waals surface area (Å²) in [4.78, 5) is 11.8. The number of aryl methyl sites for hydroxylation is 1. The lowest BCUT2D eigenvalue weighted by Crippen LogP contribution is -2.36. The fourth-order valence-corrected chi connectivity index (χ4v) is 2.51. The van der Waals surface area contributed by atoms with Crippen molar-refractivity contribution in [2.24, 2.45) is 5.73 Å². The van der Waals surface area contributed by atoms with Gasteiger partial charge in [0.15, 0.2) is 0 Å². The first-order valence-electron chi connectivity index (χ1n) is 6.30. The van der Waals surface area contributed by atoms with Crippen LogP contribution < -0.4 is 11.1 Å². The zero-order valence-corrected chi connectivity index (χ0v) is 13.2. The van der Waals surface area contributed by atoms with Crippen LogP contribution in [0.15, 0.2) is 24.3 Å². The van der Waals surface area contributed by atoms with Crippen molar-refractivity contribution < 1.29 is 4.79 Å². The lowest BCUT2D eigenvalue weighted by atomic mass is 10.1. The van der Waals surface area contributed by atoms with Crippen molar-refractivity contribution in [1.29, 1.82) is 0 Å². The van der Waals surface area contributed by atoms with Crippen LogP contribution in [0.5, 0.6) is 0 Å².